The Balaban J connectivity index is 1.91. The highest BCUT2D eigenvalue weighted by Crippen LogP contribution is 2.43. The highest BCUT2D eigenvalue weighted by molar-refractivity contribution is 6.51. The van der Waals surface area contributed by atoms with Crippen molar-refractivity contribution in [2.45, 2.75) is 13.0 Å². The van der Waals surface area contributed by atoms with Crippen molar-refractivity contribution in [3.8, 4) is 11.5 Å². The van der Waals surface area contributed by atoms with Gasteiger partial charge in [0.2, 0.25) is 0 Å². The molecule has 1 fully saturated rings. The molecule has 0 radical (unpaired) electrons. The number of Topliss-reactive ketones (excluding diaryl/α,β-unsaturated/α-hetero) is 1. The van der Waals surface area contributed by atoms with Gasteiger partial charge in [0.15, 0.2) is 0 Å². The molecule has 1 saturated heterocycles. The van der Waals surface area contributed by atoms with Crippen molar-refractivity contribution < 1.29 is 29.0 Å². The molecule has 1 heterocycles. The van der Waals surface area contributed by atoms with Crippen molar-refractivity contribution in [3.63, 3.8) is 0 Å². The number of rotatable bonds is 5. The maximum absolute atomic E-state index is 13.2. The smallest absolute Gasteiger partial charge is 0.308 e. The van der Waals surface area contributed by atoms with Gasteiger partial charge in [0, 0.05) is 24.2 Å². The number of aliphatic hydroxyl groups is 1. The van der Waals surface area contributed by atoms with E-state index in [0.29, 0.717) is 22.7 Å². The number of esters is 1. The minimum Gasteiger partial charge on any atom is -0.507 e. The fraction of sp³-hybridized carbons (Fsp3) is 0.115. The average Bonchev–Trinajstić information content (AvgIpc) is 3.11. The Hall–Kier alpha value is -3.81. The van der Waals surface area contributed by atoms with Gasteiger partial charge in [0.1, 0.15) is 17.3 Å². The molecule has 3 aromatic rings. The lowest BCUT2D eigenvalue weighted by molar-refractivity contribution is -0.132. The summed E-state index contributed by atoms with van der Waals surface area (Å²) < 4.78 is 10.4. The minimum absolute atomic E-state index is 0.128. The van der Waals surface area contributed by atoms with Gasteiger partial charge in [-0.3, -0.25) is 19.3 Å². The Morgan fingerprint density at radius 3 is 2.29 bits per heavy atom. The minimum atomic E-state index is -0.983. The van der Waals surface area contributed by atoms with Gasteiger partial charge < -0.3 is 14.6 Å². The second kappa shape index (κ2) is 9.82. The number of ketones is 1. The summed E-state index contributed by atoms with van der Waals surface area (Å²) in [4.78, 5) is 39.1. The van der Waals surface area contributed by atoms with E-state index >= 15 is 0 Å². The largest absolute Gasteiger partial charge is 0.507 e. The van der Waals surface area contributed by atoms with E-state index in [2.05, 4.69) is 0 Å². The van der Waals surface area contributed by atoms with Gasteiger partial charge >= 0.3 is 5.97 Å². The Morgan fingerprint density at radius 2 is 1.66 bits per heavy atom. The molecule has 0 spiro atoms. The maximum Gasteiger partial charge on any atom is 0.308 e. The number of benzene rings is 3. The van der Waals surface area contributed by atoms with Crippen molar-refractivity contribution in [1.82, 2.24) is 0 Å². The summed E-state index contributed by atoms with van der Waals surface area (Å²) in [6.07, 6.45) is 0. The Morgan fingerprint density at radius 1 is 0.943 bits per heavy atom. The molecule has 0 aliphatic carbocycles. The zero-order valence-corrected chi connectivity index (χ0v) is 20.1. The lowest BCUT2D eigenvalue weighted by Crippen LogP contribution is -2.29. The molecule has 35 heavy (non-hydrogen) atoms. The van der Waals surface area contributed by atoms with Gasteiger partial charge in [-0.25, -0.2) is 0 Å². The van der Waals surface area contributed by atoms with Crippen LogP contribution < -0.4 is 14.4 Å². The van der Waals surface area contributed by atoms with Gasteiger partial charge in [-0.15, -0.1) is 0 Å². The Labute approximate surface area is 211 Å². The van der Waals surface area contributed by atoms with E-state index in [9.17, 15) is 19.5 Å². The molecular formula is C26H19Cl2NO6. The summed E-state index contributed by atoms with van der Waals surface area (Å²) in [6, 6.07) is 16.4. The summed E-state index contributed by atoms with van der Waals surface area (Å²) in [5.41, 5.74) is 0.999. The first-order valence-electron chi connectivity index (χ1n) is 10.4. The van der Waals surface area contributed by atoms with Crippen LogP contribution in [0.4, 0.5) is 5.69 Å². The number of carbonyl (C=O) groups is 3. The van der Waals surface area contributed by atoms with Crippen LogP contribution in [0.2, 0.25) is 10.0 Å². The number of carbonyl (C=O) groups excluding carboxylic acids is 3. The second-order valence-electron chi connectivity index (χ2n) is 7.66. The van der Waals surface area contributed by atoms with Crippen molar-refractivity contribution in [3.05, 3.63) is 93.5 Å². The number of halogens is 2. The first-order valence-corrected chi connectivity index (χ1v) is 11.2. The van der Waals surface area contributed by atoms with Crippen molar-refractivity contribution in [1.29, 1.82) is 0 Å². The van der Waals surface area contributed by atoms with Gasteiger partial charge in [-0.05, 0) is 48.0 Å². The number of nitrogens with zero attached hydrogens (tertiary/aromatic N) is 1. The van der Waals surface area contributed by atoms with E-state index in [1.165, 1.54) is 37.1 Å². The predicted molar refractivity (Wildman–Crippen MR) is 132 cm³/mol. The first kappa shape index (κ1) is 24.3. The summed E-state index contributed by atoms with van der Waals surface area (Å²) in [6.45, 7) is 1.28. The van der Waals surface area contributed by atoms with Gasteiger partial charge in [0.25, 0.3) is 11.7 Å². The molecule has 7 nitrogen and oxygen atoms in total. The molecule has 1 N–H and O–H groups in total. The van der Waals surface area contributed by atoms with Crippen LogP contribution in [0.15, 0.2) is 72.3 Å². The summed E-state index contributed by atoms with van der Waals surface area (Å²) in [7, 11) is 1.49. The second-order valence-corrected chi connectivity index (χ2v) is 8.48. The standard InChI is InChI=1S/C26H19Cl2NO6/c1-14(30)35-18-9-6-15(7-10-18)23-22(24(31)16-8-11-20(27)21(28)12-16)25(32)26(33)29(23)17-4-3-5-19(13-17)34-2/h3-13,23,31H,1-2H3/b24-22+. The van der Waals surface area contributed by atoms with Gasteiger partial charge in [0.05, 0.1) is 28.8 Å². The fourth-order valence-corrected chi connectivity index (χ4v) is 4.16. The normalized spacial score (nSPS) is 16.9. The molecule has 0 aromatic heterocycles. The summed E-state index contributed by atoms with van der Waals surface area (Å²) >= 11 is 12.1. The van der Waals surface area contributed by atoms with E-state index < -0.39 is 29.5 Å². The van der Waals surface area contributed by atoms with Crippen molar-refractivity contribution in [2.24, 2.45) is 0 Å². The van der Waals surface area contributed by atoms with Crippen LogP contribution in [0.5, 0.6) is 11.5 Å². The number of amides is 1. The Bertz CT molecular complexity index is 1370. The monoisotopic (exact) mass is 511 g/mol. The lowest BCUT2D eigenvalue weighted by atomic mass is 9.95. The highest BCUT2D eigenvalue weighted by atomic mass is 35.5. The lowest BCUT2D eigenvalue weighted by Gasteiger charge is -2.26. The van der Waals surface area contributed by atoms with Crippen LogP contribution in [0.1, 0.15) is 24.1 Å². The van der Waals surface area contributed by atoms with E-state index in [4.69, 9.17) is 32.7 Å². The molecule has 1 unspecified atom stereocenters. The van der Waals surface area contributed by atoms with Crippen LogP contribution in [0, 0.1) is 0 Å². The molecule has 0 saturated carbocycles. The number of anilines is 1. The number of methoxy groups -OCH3 is 1. The molecule has 1 aliphatic heterocycles. The average molecular weight is 512 g/mol. The Kier molecular flexibility index (Phi) is 6.82. The molecule has 1 amide bonds. The maximum atomic E-state index is 13.2. The van der Waals surface area contributed by atoms with Crippen LogP contribution >= 0.6 is 23.2 Å². The van der Waals surface area contributed by atoms with Crippen molar-refractivity contribution >= 4 is 52.3 Å². The molecule has 1 atom stereocenters. The van der Waals surface area contributed by atoms with E-state index in [-0.39, 0.29) is 21.2 Å². The zero-order valence-electron chi connectivity index (χ0n) is 18.6. The fourth-order valence-electron chi connectivity index (χ4n) is 3.86. The third-order valence-corrected chi connectivity index (χ3v) is 6.17. The zero-order chi connectivity index (χ0) is 25.3. The molecule has 3 aromatic carbocycles. The van der Waals surface area contributed by atoms with E-state index in [1.807, 2.05) is 0 Å². The van der Waals surface area contributed by atoms with Gasteiger partial charge in [-0.1, -0.05) is 41.4 Å². The number of hydrogen-bond donors (Lipinski definition) is 1. The molecule has 4 rings (SSSR count). The summed E-state index contributed by atoms with van der Waals surface area (Å²) in [5.74, 6) is -1.80. The summed E-state index contributed by atoms with van der Waals surface area (Å²) in [5, 5.41) is 11.6. The molecule has 178 valence electrons. The third kappa shape index (κ3) is 4.73. The third-order valence-electron chi connectivity index (χ3n) is 5.43. The topological polar surface area (TPSA) is 93.1 Å². The number of ether oxygens (including phenoxy) is 2. The van der Waals surface area contributed by atoms with Crippen LogP contribution in [-0.4, -0.2) is 29.9 Å². The SMILES string of the molecule is COc1cccc(N2C(=O)C(=O)/C(=C(/O)c3ccc(Cl)c(Cl)c3)C2c2ccc(OC(C)=O)cc2)c1. The number of hydrogen-bond acceptors (Lipinski definition) is 6. The van der Waals surface area contributed by atoms with E-state index in [1.54, 1.807) is 48.5 Å². The molecule has 1 aliphatic rings. The van der Waals surface area contributed by atoms with E-state index in [0.717, 1.165) is 0 Å². The van der Waals surface area contributed by atoms with Crippen LogP contribution in [-0.2, 0) is 14.4 Å². The van der Waals surface area contributed by atoms with Gasteiger partial charge in [-0.2, -0.15) is 0 Å². The predicted octanol–water partition coefficient (Wildman–Crippen LogP) is 5.55. The van der Waals surface area contributed by atoms with Crippen LogP contribution in [0.25, 0.3) is 5.76 Å². The van der Waals surface area contributed by atoms with Crippen LogP contribution in [0.3, 0.4) is 0 Å². The first-order chi connectivity index (χ1) is 16.7. The van der Waals surface area contributed by atoms with Crippen molar-refractivity contribution in [2.75, 3.05) is 12.0 Å². The number of aliphatic hydroxyl groups excluding tert-OH is 1. The highest BCUT2D eigenvalue weighted by Gasteiger charge is 2.47. The quantitative estimate of drug-likeness (QED) is 0.158. The molecular weight excluding hydrogens is 493 g/mol. The molecule has 9 heteroatoms. The molecule has 0 bridgehead atoms.